The number of nitrogens with one attached hydrogen (secondary N) is 1. The van der Waals surface area contributed by atoms with Gasteiger partial charge in [0.1, 0.15) is 6.04 Å². The van der Waals surface area contributed by atoms with Gasteiger partial charge in [0.15, 0.2) is 0 Å². The van der Waals surface area contributed by atoms with Crippen molar-refractivity contribution >= 4 is 11.9 Å². The Hall–Kier alpha value is -1.84. The zero-order valence-corrected chi connectivity index (χ0v) is 12.6. The Bertz CT molecular complexity index is 471. The summed E-state index contributed by atoms with van der Waals surface area (Å²) in [5.41, 5.74) is 2.45. The number of carbonyl (C=O) groups excluding carboxylic acids is 1. The summed E-state index contributed by atoms with van der Waals surface area (Å²) >= 11 is 0. The lowest BCUT2D eigenvalue weighted by Crippen LogP contribution is -2.38. The van der Waals surface area contributed by atoms with Crippen molar-refractivity contribution in [3.05, 3.63) is 35.4 Å². The maximum absolute atomic E-state index is 11.6. The zero-order valence-electron chi connectivity index (χ0n) is 12.6. The Labute approximate surface area is 120 Å². The van der Waals surface area contributed by atoms with Crippen LogP contribution < -0.4 is 5.32 Å². The SMILES string of the molecule is CC(NC(=O)CCc1ccc(C(C)(C)C)cc1)C(=O)O. The largest absolute Gasteiger partial charge is 0.480 e. The van der Waals surface area contributed by atoms with Crippen molar-refractivity contribution in [2.24, 2.45) is 0 Å². The number of carbonyl (C=O) groups is 2. The van der Waals surface area contributed by atoms with Crippen molar-refractivity contribution in [1.82, 2.24) is 5.32 Å². The van der Waals surface area contributed by atoms with Crippen molar-refractivity contribution in [3.8, 4) is 0 Å². The van der Waals surface area contributed by atoms with Crippen LogP contribution in [0.25, 0.3) is 0 Å². The van der Waals surface area contributed by atoms with Gasteiger partial charge in [0, 0.05) is 6.42 Å². The fourth-order valence-corrected chi connectivity index (χ4v) is 1.80. The van der Waals surface area contributed by atoms with E-state index in [1.54, 1.807) is 0 Å². The number of hydrogen-bond acceptors (Lipinski definition) is 2. The maximum atomic E-state index is 11.6. The second kappa shape index (κ2) is 6.55. The van der Waals surface area contributed by atoms with Gasteiger partial charge in [-0.2, -0.15) is 0 Å². The molecule has 1 amide bonds. The highest BCUT2D eigenvalue weighted by atomic mass is 16.4. The summed E-state index contributed by atoms with van der Waals surface area (Å²) in [4.78, 5) is 22.2. The molecule has 0 aliphatic heterocycles. The average Bonchev–Trinajstić information content (AvgIpc) is 2.35. The van der Waals surface area contributed by atoms with Crippen LogP contribution >= 0.6 is 0 Å². The van der Waals surface area contributed by atoms with Gasteiger partial charge in [-0.25, -0.2) is 0 Å². The second-order valence-corrected chi connectivity index (χ2v) is 6.07. The van der Waals surface area contributed by atoms with Crippen molar-refractivity contribution in [3.63, 3.8) is 0 Å². The minimum atomic E-state index is -1.02. The van der Waals surface area contributed by atoms with Crippen LogP contribution in [-0.2, 0) is 21.4 Å². The Kier molecular flexibility index (Phi) is 5.31. The highest BCUT2D eigenvalue weighted by Gasteiger charge is 2.14. The first-order valence-electron chi connectivity index (χ1n) is 6.82. The third-order valence-electron chi connectivity index (χ3n) is 3.21. The third kappa shape index (κ3) is 5.03. The predicted octanol–water partition coefficient (Wildman–Crippen LogP) is 2.51. The van der Waals surface area contributed by atoms with Gasteiger partial charge < -0.3 is 10.4 Å². The smallest absolute Gasteiger partial charge is 0.325 e. The number of hydrogen-bond donors (Lipinski definition) is 2. The predicted molar refractivity (Wildman–Crippen MR) is 78.7 cm³/mol. The number of aliphatic carboxylic acids is 1. The lowest BCUT2D eigenvalue weighted by molar-refractivity contribution is -0.141. The first kappa shape index (κ1) is 16.2. The van der Waals surface area contributed by atoms with E-state index in [1.165, 1.54) is 12.5 Å². The van der Waals surface area contributed by atoms with Gasteiger partial charge in [-0.15, -0.1) is 0 Å². The molecule has 1 atom stereocenters. The van der Waals surface area contributed by atoms with Gasteiger partial charge in [0.2, 0.25) is 5.91 Å². The van der Waals surface area contributed by atoms with Crippen molar-refractivity contribution in [2.45, 2.75) is 52.0 Å². The highest BCUT2D eigenvalue weighted by molar-refractivity contribution is 5.83. The minimum Gasteiger partial charge on any atom is -0.480 e. The van der Waals surface area contributed by atoms with E-state index < -0.39 is 12.0 Å². The van der Waals surface area contributed by atoms with Crippen LogP contribution in [0.2, 0.25) is 0 Å². The van der Waals surface area contributed by atoms with Gasteiger partial charge in [-0.1, -0.05) is 45.0 Å². The Morgan fingerprint density at radius 1 is 1.20 bits per heavy atom. The molecule has 1 rings (SSSR count). The van der Waals surface area contributed by atoms with Gasteiger partial charge in [-0.05, 0) is 29.9 Å². The normalized spacial score (nSPS) is 12.8. The number of amides is 1. The van der Waals surface area contributed by atoms with Gasteiger partial charge in [0.05, 0.1) is 0 Å². The van der Waals surface area contributed by atoms with Crippen molar-refractivity contribution in [1.29, 1.82) is 0 Å². The Morgan fingerprint density at radius 3 is 2.20 bits per heavy atom. The summed E-state index contributed by atoms with van der Waals surface area (Å²) in [6.07, 6.45) is 0.912. The summed E-state index contributed by atoms with van der Waals surface area (Å²) < 4.78 is 0. The van der Waals surface area contributed by atoms with Crippen LogP contribution in [0.5, 0.6) is 0 Å². The summed E-state index contributed by atoms with van der Waals surface area (Å²) in [7, 11) is 0. The van der Waals surface area contributed by atoms with E-state index in [-0.39, 0.29) is 11.3 Å². The number of rotatable bonds is 5. The average molecular weight is 277 g/mol. The molecule has 2 N–H and O–H groups in total. The van der Waals surface area contributed by atoms with E-state index in [0.717, 1.165) is 5.56 Å². The number of carboxylic acids is 1. The Balaban J connectivity index is 2.50. The molecule has 20 heavy (non-hydrogen) atoms. The molecule has 0 fully saturated rings. The summed E-state index contributed by atoms with van der Waals surface area (Å²) in [5, 5.41) is 11.2. The molecule has 1 unspecified atom stereocenters. The van der Waals surface area contributed by atoms with E-state index in [0.29, 0.717) is 12.8 Å². The number of benzene rings is 1. The first-order valence-corrected chi connectivity index (χ1v) is 6.82. The lowest BCUT2D eigenvalue weighted by atomic mass is 9.86. The van der Waals surface area contributed by atoms with Crippen molar-refractivity contribution < 1.29 is 14.7 Å². The molecule has 0 aliphatic rings. The van der Waals surface area contributed by atoms with E-state index in [4.69, 9.17) is 5.11 Å². The fraction of sp³-hybridized carbons (Fsp3) is 0.500. The Morgan fingerprint density at radius 2 is 1.75 bits per heavy atom. The van der Waals surface area contributed by atoms with Crippen LogP contribution in [-0.4, -0.2) is 23.0 Å². The van der Waals surface area contributed by atoms with Crippen molar-refractivity contribution in [2.75, 3.05) is 0 Å². The molecule has 0 bridgehead atoms. The molecule has 0 saturated heterocycles. The molecule has 1 aromatic rings. The van der Waals surface area contributed by atoms with E-state index >= 15 is 0 Å². The first-order chi connectivity index (χ1) is 9.20. The molecular formula is C16H23NO3. The summed E-state index contributed by atoms with van der Waals surface area (Å²) in [6.45, 7) is 7.92. The fourth-order valence-electron chi connectivity index (χ4n) is 1.80. The topological polar surface area (TPSA) is 66.4 Å². The molecule has 0 spiro atoms. The summed E-state index contributed by atoms with van der Waals surface area (Å²) in [5.74, 6) is -1.26. The molecule has 1 aromatic carbocycles. The van der Waals surface area contributed by atoms with Crippen LogP contribution in [0.15, 0.2) is 24.3 Å². The molecule has 0 radical (unpaired) electrons. The quantitative estimate of drug-likeness (QED) is 0.869. The molecular weight excluding hydrogens is 254 g/mol. The van der Waals surface area contributed by atoms with Crippen LogP contribution in [0.4, 0.5) is 0 Å². The molecule has 0 heterocycles. The van der Waals surface area contributed by atoms with Crippen LogP contribution in [0.1, 0.15) is 45.2 Å². The van der Waals surface area contributed by atoms with Gasteiger partial charge in [0.25, 0.3) is 0 Å². The minimum absolute atomic E-state index is 0.118. The number of carboxylic acid groups (broad SMARTS) is 1. The molecule has 110 valence electrons. The van der Waals surface area contributed by atoms with E-state index in [9.17, 15) is 9.59 Å². The molecule has 0 aromatic heterocycles. The second-order valence-electron chi connectivity index (χ2n) is 6.07. The molecule has 0 aliphatic carbocycles. The third-order valence-corrected chi connectivity index (χ3v) is 3.21. The van der Waals surface area contributed by atoms with E-state index in [2.05, 4.69) is 38.2 Å². The van der Waals surface area contributed by atoms with Gasteiger partial charge in [-0.3, -0.25) is 9.59 Å². The van der Waals surface area contributed by atoms with Crippen LogP contribution in [0, 0.1) is 0 Å². The standard InChI is InChI=1S/C16H23NO3/c1-11(15(19)20)17-14(18)10-7-12-5-8-13(9-6-12)16(2,3)4/h5-6,8-9,11H,7,10H2,1-4H3,(H,17,18)(H,19,20). The van der Waals surface area contributed by atoms with Crippen LogP contribution in [0.3, 0.4) is 0 Å². The number of aryl methyl sites for hydroxylation is 1. The molecule has 4 nitrogen and oxygen atoms in total. The summed E-state index contributed by atoms with van der Waals surface area (Å²) in [6, 6.07) is 7.36. The molecule has 0 saturated carbocycles. The monoisotopic (exact) mass is 277 g/mol. The van der Waals surface area contributed by atoms with Gasteiger partial charge >= 0.3 is 5.97 Å². The zero-order chi connectivity index (χ0) is 15.3. The maximum Gasteiger partial charge on any atom is 0.325 e. The highest BCUT2D eigenvalue weighted by Crippen LogP contribution is 2.22. The van der Waals surface area contributed by atoms with E-state index in [1.807, 2.05) is 12.1 Å². The lowest BCUT2D eigenvalue weighted by Gasteiger charge is -2.19. The molecule has 4 heteroatoms.